The summed E-state index contributed by atoms with van der Waals surface area (Å²) in [5.41, 5.74) is 1.84. The van der Waals surface area contributed by atoms with Crippen molar-refractivity contribution in [3.63, 3.8) is 0 Å². The summed E-state index contributed by atoms with van der Waals surface area (Å²) >= 11 is 12.1. The van der Waals surface area contributed by atoms with E-state index in [4.69, 9.17) is 23.2 Å². The minimum absolute atomic E-state index is 0.369. The fraction of sp³-hybridized carbons (Fsp3) is 0.455. The standard InChI is InChI=1S/C11H14Cl2O/c1-3-8(14)6-9-10(12)5-4-7(2)11(9)13/h4-5,8,14H,3,6H2,1-2H3. The molecular weight excluding hydrogens is 219 g/mol. The quantitative estimate of drug-likeness (QED) is 0.845. The van der Waals surface area contributed by atoms with Crippen LogP contribution in [0.5, 0.6) is 0 Å². The van der Waals surface area contributed by atoms with Gasteiger partial charge in [-0.3, -0.25) is 0 Å². The summed E-state index contributed by atoms with van der Waals surface area (Å²) in [6.07, 6.45) is 0.864. The molecule has 0 heterocycles. The van der Waals surface area contributed by atoms with Gasteiger partial charge in [-0.2, -0.15) is 0 Å². The number of hydrogen-bond acceptors (Lipinski definition) is 1. The summed E-state index contributed by atoms with van der Waals surface area (Å²) in [5.74, 6) is 0. The fourth-order valence-corrected chi connectivity index (χ4v) is 1.81. The van der Waals surface area contributed by atoms with Crippen LogP contribution in [0.1, 0.15) is 24.5 Å². The highest BCUT2D eigenvalue weighted by Gasteiger charge is 2.11. The van der Waals surface area contributed by atoms with Crippen molar-refractivity contribution in [3.8, 4) is 0 Å². The maximum absolute atomic E-state index is 9.53. The lowest BCUT2D eigenvalue weighted by molar-refractivity contribution is 0.171. The molecule has 0 bridgehead atoms. The van der Waals surface area contributed by atoms with E-state index in [-0.39, 0.29) is 6.10 Å². The number of aliphatic hydroxyl groups excluding tert-OH is 1. The third kappa shape index (κ3) is 2.63. The molecule has 3 heteroatoms. The molecule has 0 radical (unpaired) electrons. The first-order valence-electron chi connectivity index (χ1n) is 4.67. The van der Waals surface area contributed by atoms with Crippen LogP contribution in [0.15, 0.2) is 12.1 Å². The first kappa shape index (κ1) is 11.8. The van der Waals surface area contributed by atoms with E-state index in [0.717, 1.165) is 11.1 Å². The number of halogens is 2. The largest absolute Gasteiger partial charge is 0.393 e. The predicted molar refractivity (Wildman–Crippen MR) is 61.2 cm³/mol. The zero-order valence-corrected chi connectivity index (χ0v) is 9.86. The molecule has 78 valence electrons. The lowest BCUT2D eigenvalue weighted by Gasteiger charge is -2.12. The summed E-state index contributed by atoms with van der Waals surface area (Å²) in [6, 6.07) is 3.70. The van der Waals surface area contributed by atoms with E-state index in [0.29, 0.717) is 22.9 Å². The molecule has 1 nitrogen and oxygen atoms in total. The molecular formula is C11H14Cl2O. The normalized spacial score (nSPS) is 12.9. The highest BCUT2D eigenvalue weighted by molar-refractivity contribution is 6.36. The van der Waals surface area contributed by atoms with Crippen molar-refractivity contribution in [1.29, 1.82) is 0 Å². The van der Waals surface area contributed by atoms with Crippen LogP contribution in [0.25, 0.3) is 0 Å². The lowest BCUT2D eigenvalue weighted by Crippen LogP contribution is -2.09. The molecule has 0 fully saturated rings. The first-order chi connectivity index (χ1) is 6.56. The second kappa shape index (κ2) is 5.01. The second-order valence-corrected chi connectivity index (χ2v) is 4.21. The van der Waals surface area contributed by atoms with Crippen molar-refractivity contribution < 1.29 is 5.11 Å². The second-order valence-electron chi connectivity index (χ2n) is 3.42. The van der Waals surface area contributed by atoms with Gasteiger partial charge in [-0.15, -0.1) is 0 Å². The van der Waals surface area contributed by atoms with Crippen LogP contribution < -0.4 is 0 Å². The van der Waals surface area contributed by atoms with Gasteiger partial charge in [0.25, 0.3) is 0 Å². The van der Waals surface area contributed by atoms with E-state index in [1.165, 1.54) is 0 Å². The van der Waals surface area contributed by atoms with E-state index in [9.17, 15) is 5.11 Å². The smallest absolute Gasteiger partial charge is 0.0579 e. The van der Waals surface area contributed by atoms with E-state index in [1.54, 1.807) is 0 Å². The lowest BCUT2D eigenvalue weighted by atomic mass is 10.0. The van der Waals surface area contributed by atoms with Crippen LogP contribution in [-0.4, -0.2) is 11.2 Å². The third-order valence-electron chi connectivity index (χ3n) is 2.29. The van der Waals surface area contributed by atoms with Crippen molar-refractivity contribution in [3.05, 3.63) is 33.3 Å². The van der Waals surface area contributed by atoms with Crippen molar-refractivity contribution in [2.24, 2.45) is 0 Å². The molecule has 0 aliphatic carbocycles. The van der Waals surface area contributed by atoms with Gasteiger partial charge >= 0.3 is 0 Å². The van der Waals surface area contributed by atoms with E-state index in [2.05, 4.69) is 0 Å². The SMILES string of the molecule is CCC(O)Cc1c(Cl)ccc(C)c1Cl. The van der Waals surface area contributed by atoms with Crippen LogP contribution in [0.4, 0.5) is 0 Å². The van der Waals surface area contributed by atoms with Crippen molar-refractivity contribution in [2.45, 2.75) is 32.8 Å². The van der Waals surface area contributed by atoms with E-state index >= 15 is 0 Å². The van der Waals surface area contributed by atoms with Gasteiger partial charge in [-0.25, -0.2) is 0 Å². The Morgan fingerprint density at radius 3 is 2.57 bits per heavy atom. The van der Waals surface area contributed by atoms with Crippen LogP contribution >= 0.6 is 23.2 Å². The predicted octanol–water partition coefficient (Wildman–Crippen LogP) is 3.62. The number of hydrogen-bond donors (Lipinski definition) is 1. The summed E-state index contributed by atoms with van der Waals surface area (Å²) in [6.45, 7) is 3.86. The Morgan fingerprint density at radius 2 is 2.00 bits per heavy atom. The summed E-state index contributed by atoms with van der Waals surface area (Å²) in [4.78, 5) is 0. The molecule has 1 aromatic rings. The van der Waals surface area contributed by atoms with Crippen LogP contribution in [-0.2, 0) is 6.42 Å². The molecule has 0 saturated carbocycles. The van der Waals surface area contributed by atoms with Gasteiger partial charge < -0.3 is 5.11 Å². The minimum Gasteiger partial charge on any atom is -0.393 e. The van der Waals surface area contributed by atoms with Crippen LogP contribution in [0.2, 0.25) is 10.0 Å². The summed E-state index contributed by atoms with van der Waals surface area (Å²) < 4.78 is 0. The molecule has 14 heavy (non-hydrogen) atoms. The van der Waals surface area contributed by atoms with Gasteiger partial charge in [-0.05, 0) is 30.5 Å². The van der Waals surface area contributed by atoms with E-state index < -0.39 is 0 Å². The molecule has 0 saturated heterocycles. The molecule has 0 aromatic heterocycles. The Hall–Kier alpha value is -0.240. The molecule has 1 aromatic carbocycles. The van der Waals surface area contributed by atoms with Crippen molar-refractivity contribution in [2.75, 3.05) is 0 Å². The van der Waals surface area contributed by atoms with Gasteiger partial charge in [0.2, 0.25) is 0 Å². The highest BCUT2D eigenvalue weighted by Crippen LogP contribution is 2.29. The maximum atomic E-state index is 9.53. The topological polar surface area (TPSA) is 20.2 Å². The van der Waals surface area contributed by atoms with Gasteiger partial charge in [0.05, 0.1) is 6.10 Å². The molecule has 0 spiro atoms. The maximum Gasteiger partial charge on any atom is 0.0579 e. The summed E-state index contributed by atoms with van der Waals surface area (Å²) in [5, 5.41) is 10.8. The first-order valence-corrected chi connectivity index (χ1v) is 5.43. The Labute approximate surface area is 94.7 Å². The van der Waals surface area contributed by atoms with Gasteiger partial charge in [0.1, 0.15) is 0 Å². The Balaban J connectivity index is 3.00. The van der Waals surface area contributed by atoms with Gasteiger partial charge in [0, 0.05) is 16.5 Å². The molecule has 0 aliphatic rings. The Kier molecular flexibility index (Phi) is 4.24. The van der Waals surface area contributed by atoms with Crippen LogP contribution in [0.3, 0.4) is 0 Å². The van der Waals surface area contributed by atoms with Crippen molar-refractivity contribution >= 4 is 23.2 Å². The minimum atomic E-state index is -0.369. The molecule has 1 atom stereocenters. The average Bonchev–Trinajstić information content (AvgIpc) is 2.18. The van der Waals surface area contributed by atoms with Crippen LogP contribution in [0, 0.1) is 6.92 Å². The Morgan fingerprint density at radius 1 is 1.36 bits per heavy atom. The number of rotatable bonds is 3. The van der Waals surface area contributed by atoms with Gasteiger partial charge in [-0.1, -0.05) is 36.2 Å². The summed E-state index contributed by atoms with van der Waals surface area (Å²) in [7, 11) is 0. The third-order valence-corrected chi connectivity index (χ3v) is 3.17. The molecule has 0 amide bonds. The average molecular weight is 233 g/mol. The zero-order valence-electron chi connectivity index (χ0n) is 8.35. The van der Waals surface area contributed by atoms with Crippen molar-refractivity contribution in [1.82, 2.24) is 0 Å². The zero-order chi connectivity index (χ0) is 10.7. The number of aryl methyl sites for hydroxylation is 1. The number of aliphatic hydroxyl groups is 1. The molecule has 1 unspecified atom stereocenters. The monoisotopic (exact) mass is 232 g/mol. The molecule has 1 rings (SSSR count). The number of benzene rings is 1. The Bertz CT molecular complexity index is 323. The highest BCUT2D eigenvalue weighted by atomic mass is 35.5. The van der Waals surface area contributed by atoms with E-state index in [1.807, 2.05) is 26.0 Å². The molecule has 0 aliphatic heterocycles. The molecule has 1 N–H and O–H groups in total. The van der Waals surface area contributed by atoms with Gasteiger partial charge in [0.15, 0.2) is 0 Å². The fourth-order valence-electron chi connectivity index (χ4n) is 1.28.